The first-order chi connectivity index (χ1) is 8.91. The van der Waals surface area contributed by atoms with Gasteiger partial charge in [0.15, 0.2) is 0 Å². The number of amides is 2. The Labute approximate surface area is 116 Å². The molecule has 6 nitrogen and oxygen atoms in total. The lowest BCUT2D eigenvalue weighted by Gasteiger charge is -2.12. The molecule has 0 atom stereocenters. The van der Waals surface area contributed by atoms with Gasteiger partial charge in [-0.25, -0.2) is 9.59 Å². The highest BCUT2D eigenvalue weighted by Crippen LogP contribution is 2.21. The van der Waals surface area contributed by atoms with Gasteiger partial charge in [-0.3, -0.25) is 0 Å². The molecule has 3 N–H and O–H groups in total. The third-order valence-corrected chi connectivity index (χ3v) is 3.61. The number of nitrogens with one attached hydrogen (secondary N) is 2. The van der Waals surface area contributed by atoms with E-state index in [1.807, 2.05) is 6.92 Å². The summed E-state index contributed by atoms with van der Waals surface area (Å²) in [7, 11) is 3.37. The lowest BCUT2D eigenvalue weighted by atomic mass is 10.2. The molecule has 106 valence electrons. The number of hydrogen-bond acceptors (Lipinski definition) is 4. The number of rotatable bonds is 6. The summed E-state index contributed by atoms with van der Waals surface area (Å²) in [6, 6.07) is 1.56. The number of carboxylic acid groups (broad SMARTS) is 1. The largest absolute Gasteiger partial charge is 0.477 e. The van der Waals surface area contributed by atoms with Crippen molar-refractivity contribution in [1.82, 2.24) is 15.5 Å². The van der Waals surface area contributed by atoms with Crippen LogP contribution in [0.1, 0.15) is 20.1 Å². The molecule has 1 aromatic heterocycles. The van der Waals surface area contributed by atoms with Crippen molar-refractivity contribution in [3.63, 3.8) is 0 Å². The normalized spacial score (nSPS) is 10.3. The van der Waals surface area contributed by atoms with Crippen molar-refractivity contribution in [3.05, 3.63) is 21.4 Å². The molecule has 0 bridgehead atoms. The Balaban J connectivity index is 2.30. The standard InChI is InChI=1S/C12H19N3O3S/c1-8-9(6-10(19-8)11(16)17)7-13-4-5-14-12(18)15(2)3/h6,13H,4-5,7H2,1-3H3,(H,14,18)(H,16,17). The summed E-state index contributed by atoms with van der Waals surface area (Å²) in [5, 5.41) is 14.8. The second-order valence-corrected chi connectivity index (χ2v) is 5.56. The molecule has 0 saturated carbocycles. The third kappa shape index (κ3) is 4.88. The van der Waals surface area contributed by atoms with Crippen LogP contribution in [0.4, 0.5) is 4.79 Å². The number of nitrogens with zero attached hydrogens (tertiary/aromatic N) is 1. The smallest absolute Gasteiger partial charge is 0.345 e. The average Bonchev–Trinajstić information content (AvgIpc) is 2.70. The fourth-order valence-corrected chi connectivity index (χ4v) is 2.32. The fraction of sp³-hybridized carbons (Fsp3) is 0.500. The topological polar surface area (TPSA) is 81.7 Å². The molecule has 0 aliphatic rings. The Morgan fingerprint density at radius 3 is 2.58 bits per heavy atom. The van der Waals surface area contributed by atoms with Crippen LogP contribution >= 0.6 is 11.3 Å². The number of carbonyl (C=O) groups excluding carboxylic acids is 1. The van der Waals surface area contributed by atoms with Crippen LogP contribution < -0.4 is 10.6 Å². The van der Waals surface area contributed by atoms with Crippen LogP contribution in [0.3, 0.4) is 0 Å². The minimum atomic E-state index is -0.891. The summed E-state index contributed by atoms with van der Waals surface area (Å²) >= 11 is 1.28. The maximum atomic E-state index is 11.2. The number of aromatic carboxylic acids is 1. The number of thiophene rings is 1. The van der Waals surface area contributed by atoms with Gasteiger partial charge in [0.25, 0.3) is 0 Å². The van der Waals surface area contributed by atoms with Gasteiger partial charge in [-0.05, 0) is 18.6 Å². The molecular formula is C12H19N3O3S. The molecule has 0 spiro atoms. The van der Waals surface area contributed by atoms with E-state index in [0.717, 1.165) is 10.4 Å². The van der Waals surface area contributed by atoms with E-state index in [-0.39, 0.29) is 6.03 Å². The van der Waals surface area contributed by atoms with E-state index < -0.39 is 5.97 Å². The highest BCUT2D eigenvalue weighted by atomic mass is 32.1. The van der Waals surface area contributed by atoms with Crippen molar-refractivity contribution < 1.29 is 14.7 Å². The van der Waals surface area contributed by atoms with Crippen molar-refractivity contribution in [2.24, 2.45) is 0 Å². The molecule has 0 unspecified atom stereocenters. The van der Waals surface area contributed by atoms with E-state index in [0.29, 0.717) is 24.5 Å². The van der Waals surface area contributed by atoms with Crippen molar-refractivity contribution in [3.8, 4) is 0 Å². The summed E-state index contributed by atoms with van der Waals surface area (Å²) in [4.78, 5) is 24.9. The Hall–Kier alpha value is -1.60. The first-order valence-corrected chi connectivity index (χ1v) is 6.72. The minimum Gasteiger partial charge on any atom is -0.477 e. The molecule has 0 fully saturated rings. The molecule has 1 rings (SSSR count). The highest BCUT2D eigenvalue weighted by Gasteiger charge is 2.10. The third-order valence-electron chi connectivity index (χ3n) is 2.53. The summed E-state index contributed by atoms with van der Waals surface area (Å²) in [6.07, 6.45) is 0. The van der Waals surface area contributed by atoms with Gasteiger partial charge in [0.2, 0.25) is 0 Å². The van der Waals surface area contributed by atoms with Crippen LogP contribution in [0.5, 0.6) is 0 Å². The molecule has 0 aliphatic carbocycles. The van der Waals surface area contributed by atoms with Gasteiger partial charge in [-0.1, -0.05) is 0 Å². The predicted molar refractivity (Wildman–Crippen MR) is 74.8 cm³/mol. The number of aryl methyl sites for hydroxylation is 1. The van der Waals surface area contributed by atoms with Crippen LogP contribution in [-0.2, 0) is 6.54 Å². The van der Waals surface area contributed by atoms with E-state index in [4.69, 9.17) is 5.11 Å². The second-order valence-electron chi connectivity index (χ2n) is 4.30. The van der Waals surface area contributed by atoms with E-state index in [1.165, 1.54) is 16.2 Å². The van der Waals surface area contributed by atoms with Crippen LogP contribution in [-0.4, -0.2) is 49.2 Å². The first kappa shape index (κ1) is 15.5. The monoisotopic (exact) mass is 285 g/mol. The molecule has 2 amide bonds. The summed E-state index contributed by atoms with van der Waals surface area (Å²) < 4.78 is 0. The lowest BCUT2D eigenvalue weighted by Crippen LogP contribution is -2.38. The quantitative estimate of drug-likeness (QED) is 0.684. The van der Waals surface area contributed by atoms with Gasteiger partial charge in [0.1, 0.15) is 4.88 Å². The van der Waals surface area contributed by atoms with Gasteiger partial charge in [-0.2, -0.15) is 0 Å². The van der Waals surface area contributed by atoms with Gasteiger partial charge in [0.05, 0.1) is 0 Å². The number of carbonyl (C=O) groups is 2. The Morgan fingerprint density at radius 2 is 2.05 bits per heavy atom. The zero-order chi connectivity index (χ0) is 14.4. The van der Waals surface area contributed by atoms with Crippen molar-refractivity contribution in [1.29, 1.82) is 0 Å². The van der Waals surface area contributed by atoms with Crippen LogP contribution in [0.2, 0.25) is 0 Å². The van der Waals surface area contributed by atoms with E-state index in [2.05, 4.69) is 10.6 Å². The van der Waals surface area contributed by atoms with E-state index in [9.17, 15) is 9.59 Å². The summed E-state index contributed by atoms with van der Waals surface area (Å²) in [5.41, 5.74) is 0.987. The maximum Gasteiger partial charge on any atom is 0.345 e. The molecule has 0 saturated heterocycles. The average molecular weight is 285 g/mol. The predicted octanol–water partition coefficient (Wildman–Crippen LogP) is 1.12. The molecular weight excluding hydrogens is 266 g/mol. The minimum absolute atomic E-state index is 0.123. The zero-order valence-electron chi connectivity index (χ0n) is 11.3. The maximum absolute atomic E-state index is 11.2. The Morgan fingerprint density at radius 1 is 1.37 bits per heavy atom. The van der Waals surface area contributed by atoms with Gasteiger partial charge < -0.3 is 20.6 Å². The Bertz CT molecular complexity index is 457. The van der Waals surface area contributed by atoms with E-state index in [1.54, 1.807) is 20.2 Å². The SMILES string of the molecule is Cc1sc(C(=O)O)cc1CNCCNC(=O)N(C)C. The first-order valence-electron chi connectivity index (χ1n) is 5.90. The number of hydrogen-bond donors (Lipinski definition) is 3. The van der Waals surface area contributed by atoms with Gasteiger partial charge in [-0.15, -0.1) is 11.3 Å². The van der Waals surface area contributed by atoms with Crippen LogP contribution in [0.15, 0.2) is 6.07 Å². The van der Waals surface area contributed by atoms with Crippen LogP contribution in [0.25, 0.3) is 0 Å². The van der Waals surface area contributed by atoms with Crippen LogP contribution in [0, 0.1) is 6.92 Å². The highest BCUT2D eigenvalue weighted by molar-refractivity contribution is 7.14. The fourth-order valence-electron chi connectivity index (χ4n) is 1.44. The molecule has 1 heterocycles. The molecule has 19 heavy (non-hydrogen) atoms. The van der Waals surface area contributed by atoms with Crippen molar-refractivity contribution in [2.45, 2.75) is 13.5 Å². The Kier molecular flexibility index (Phi) is 5.78. The molecule has 1 aromatic rings. The molecule has 0 radical (unpaired) electrons. The van der Waals surface area contributed by atoms with Crippen molar-refractivity contribution in [2.75, 3.05) is 27.2 Å². The zero-order valence-corrected chi connectivity index (χ0v) is 12.1. The molecule has 7 heteroatoms. The molecule has 0 aromatic carbocycles. The number of carboxylic acids is 1. The lowest BCUT2D eigenvalue weighted by molar-refractivity contribution is 0.0702. The number of urea groups is 1. The van der Waals surface area contributed by atoms with Crippen molar-refractivity contribution >= 4 is 23.3 Å². The summed E-state index contributed by atoms with van der Waals surface area (Å²) in [5.74, 6) is -0.891. The van der Waals surface area contributed by atoms with Gasteiger partial charge >= 0.3 is 12.0 Å². The molecule has 0 aliphatic heterocycles. The second kappa shape index (κ2) is 7.10. The van der Waals surface area contributed by atoms with Gasteiger partial charge in [0, 0.05) is 38.6 Å². The van der Waals surface area contributed by atoms with E-state index >= 15 is 0 Å². The summed E-state index contributed by atoms with van der Waals surface area (Å²) in [6.45, 7) is 3.68.